The minimum absolute atomic E-state index is 0.0181. The van der Waals surface area contributed by atoms with Crippen LogP contribution in [0, 0.1) is 11.3 Å². The summed E-state index contributed by atoms with van der Waals surface area (Å²) in [6, 6.07) is 7.83. The summed E-state index contributed by atoms with van der Waals surface area (Å²) in [5, 5.41) is 9.01. The van der Waals surface area contributed by atoms with E-state index in [9.17, 15) is 13.2 Å². The van der Waals surface area contributed by atoms with Gasteiger partial charge in [0.25, 0.3) is 0 Å². The molecule has 1 fully saturated rings. The third-order valence-corrected chi connectivity index (χ3v) is 4.94. The summed E-state index contributed by atoms with van der Waals surface area (Å²) < 4.78 is 32.0. The Bertz CT molecular complexity index is 722. The number of hydrogen-bond donors (Lipinski definition) is 1. The fourth-order valence-electron chi connectivity index (χ4n) is 2.18. The summed E-state index contributed by atoms with van der Waals surface area (Å²) >= 11 is 0. The number of ether oxygens (including phenoxy) is 1. The zero-order chi connectivity index (χ0) is 16.4. The van der Waals surface area contributed by atoms with Gasteiger partial charge in [-0.05, 0) is 26.0 Å². The third-order valence-electron chi connectivity index (χ3n) is 3.48. The van der Waals surface area contributed by atoms with Crippen molar-refractivity contribution in [3.05, 3.63) is 29.8 Å². The second kappa shape index (κ2) is 5.94. The van der Waals surface area contributed by atoms with Crippen LogP contribution in [-0.4, -0.2) is 44.6 Å². The van der Waals surface area contributed by atoms with Crippen LogP contribution in [0.1, 0.15) is 19.4 Å². The Morgan fingerprint density at radius 2 is 2.09 bits per heavy atom. The van der Waals surface area contributed by atoms with Crippen molar-refractivity contribution >= 4 is 16.1 Å². The molecule has 7 nitrogen and oxygen atoms in total. The molecule has 0 spiro atoms. The van der Waals surface area contributed by atoms with Gasteiger partial charge < -0.3 is 4.74 Å². The lowest BCUT2D eigenvalue weighted by molar-refractivity contribution is 0.127. The monoisotopic (exact) mass is 323 g/mol. The van der Waals surface area contributed by atoms with E-state index in [1.54, 1.807) is 26.0 Å². The molecule has 1 N–H and O–H groups in total. The summed E-state index contributed by atoms with van der Waals surface area (Å²) in [6.45, 7) is 4.23. The van der Waals surface area contributed by atoms with Crippen LogP contribution in [0.4, 0.5) is 4.79 Å². The van der Waals surface area contributed by atoms with E-state index in [0.717, 1.165) is 0 Å². The van der Waals surface area contributed by atoms with E-state index in [1.807, 2.05) is 6.07 Å². The molecule has 1 aromatic rings. The van der Waals surface area contributed by atoms with E-state index in [-0.39, 0.29) is 17.0 Å². The number of rotatable bonds is 5. The minimum atomic E-state index is -3.83. The average molecular weight is 323 g/mol. The molecule has 0 atom stereocenters. The van der Waals surface area contributed by atoms with Gasteiger partial charge >= 0.3 is 6.09 Å². The molecule has 0 aromatic heterocycles. The Balaban J connectivity index is 2.16. The molecule has 1 heterocycles. The highest BCUT2D eigenvalue weighted by Crippen LogP contribution is 2.20. The number of cyclic esters (lactones) is 1. The van der Waals surface area contributed by atoms with Crippen LogP contribution >= 0.6 is 0 Å². The quantitative estimate of drug-likeness (QED) is 0.873. The van der Waals surface area contributed by atoms with Gasteiger partial charge in [0, 0.05) is 6.54 Å². The number of hydrogen-bond acceptors (Lipinski definition) is 5. The van der Waals surface area contributed by atoms with Gasteiger partial charge in [0.15, 0.2) is 0 Å². The van der Waals surface area contributed by atoms with Crippen molar-refractivity contribution in [1.29, 1.82) is 5.26 Å². The van der Waals surface area contributed by atoms with Gasteiger partial charge in [-0.1, -0.05) is 12.1 Å². The topological polar surface area (TPSA) is 99.5 Å². The number of benzene rings is 1. The number of carbonyl (C=O) groups is 1. The average Bonchev–Trinajstić information content (AvgIpc) is 2.92. The summed E-state index contributed by atoms with van der Waals surface area (Å²) in [4.78, 5) is 13.0. The van der Waals surface area contributed by atoms with E-state index >= 15 is 0 Å². The molecule has 2 rings (SSSR count). The van der Waals surface area contributed by atoms with Crippen LogP contribution in [0.2, 0.25) is 0 Å². The summed E-state index contributed by atoms with van der Waals surface area (Å²) in [5.41, 5.74) is -0.657. The van der Waals surface area contributed by atoms with Gasteiger partial charge in [-0.25, -0.2) is 17.9 Å². The molecule has 0 radical (unpaired) electrons. The predicted molar refractivity (Wildman–Crippen MR) is 78.5 cm³/mol. The molecule has 1 aromatic carbocycles. The van der Waals surface area contributed by atoms with Crippen molar-refractivity contribution in [1.82, 2.24) is 9.62 Å². The van der Waals surface area contributed by atoms with E-state index in [0.29, 0.717) is 13.2 Å². The Labute approximate surface area is 129 Å². The van der Waals surface area contributed by atoms with Gasteiger partial charge in [0.1, 0.15) is 12.7 Å². The SMILES string of the molecule is CC(C)(CNS(=O)(=O)c1ccccc1C#N)N1CCOC1=O. The van der Waals surface area contributed by atoms with Crippen molar-refractivity contribution < 1.29 is 17.9 Å². The van der Waals surface area contributed by atoms with E-state index in [4.69, 9.17) is 10.00 Å². The number of nitrogens with zero attached hydrogens (tertiary/aromatic N) is 2. The van der Waals surface area contributed by atoms with E-state index in [2.05, 4.69) is 4.72 Å². The van der Waals surface area contributed by atoms with Crippen LogP contribution in [0.3, 0.4) is 0 Å². The molecule has 0 saturated carbocycles. The molecular formula is C14H17N3O4S. The maximum atomic E-state index is 12.4. The summed E-state index contributed by atoms with van der Waals surface area (Å²) in [7, 11) is -3.83. The predicted octanol–water partition coefficient (Wildman–Crippen LogP) is 1.07. The van der Waals surface area contributed by atoms with Gasteiger partial charge in [-0.15, -0.1) is 0 Å². The first-order chi connectivity index (χ1) is 10.3. The summed E-state index contributed by atoms with van der Waals surface area (Å²) in [5.74, 6) is 0. The molecule has 0 unspecified atom stereocenters. The van der Waals surface area contributed by atoms with Gasteiger partial charge in [0.05, 0.1) is 22.5 Å². The number of amides is 1. The van der Waals surface area contributed by atoms with Crippen molar-refractivity contribution in [3.8, 4) is 6.07 Å². The molecule has 1 aliphatic rings. The lowest BCUT2D eigenvalue weighted by atomic mass is 10.0. The van der Waals surface area contributed by atoms with Crippen molar-refractivity contribution in [2.75, 3.05) is 19.7 Å². The maximum Gasteiger partial charge on any atom is 0.410 e. The van der Waals surface area contributed by atoms with Crippen LogP contribution in [-0.2, 0) is 14.8 Å². The van der Waals surface area contributed by atoms with Crippen LogP contribution in [0.15, 0.2) is 29.2 Å². The molecule has 8 heteroatoms. The van der Waals surface area contributed by atoms with E-state index in [1.165, 1.54) is 17.0 Å². The van der Waals surface area contributed by atoms with Crippen LogP contribution < -0.4 is 4.72 Å². The Hall–Kier alpha value is -2.11. The zero-order valence-electron chi connectivity index (χ0n) is 12.4. The molecule has 1 amide bonds. The van der Waals surface area contributed by atoms with Crippen molar-refractivity contribution in [3.63, 3.8) is 0 Å². The van der Waals surface area contributed by atoms with Gasteiger partial charge in [-0.2, -0.15) is 5.26 Å². The highest BCUT2D eigenvalue weighted by atomic mass is 32.2. The van der Waals surface area contributed by atoms with E-state index < -0.39 is 21.7 Å². The van der Waals surface area contributed by atoms with Crippen LogP contribution in [0.25, 0.3) is 0 Å². The van der Waals surface area contributed by atoms with Gasteiger partial charge in [-0.3, -0.25) is 4.90 Å². The number of nitrogens with one attached hydrogen (secondary N) is 1. The second-order valence-corrected chi connectivity index (χ2v) is 7.25. The standard InChI is InChI=1S/C14H17N3O4S/c1-14(2,17-7-8-21-13(17)18)10-16-22(19,20)12-6-4-3-5-11(12)9-15/h3-6,16H,7-8,10H2,1-2H3. The number of sulfonamides is 1. The molecule has 1 aliphatic heterocycles. The molecule has 1 saturated heterocycles. The Morgan fingerprint density at radius 1 is 1.41 bits per heavy atom. The number of nitriles is 1. The summed E-state index contributed by atoms with van der Waals surface area (Å²) in [6.07, 6.45) is -0.457. The smallest absolute Gasteiger partial charge is 0.410 e. The Kier molecular flexibility index (Phi) is 4.39. The minimum Gasteiger partial charge on any atom is -0.448 e. The van der Waals surface area contributed by atoms with Crippen LogP contribution in [0.5, 0.6) is 0 Å². The highest BCUT2D eigenvalue weighted by Gasteiger charge is 2.36. The first-order valence-corrected chi connectivity index (χ1v) is 8.19. The fourth-order valence-corrected chi connectivity index (χ4v) is 3.54. The molecular weight excluding hydrogens is 306 g/mol. The molecule has 0 bridgehead atoms. The van der Waals surface area contributed by atoms with Gasteiger partial charge in [0.2, 0.25) is 10.0 Å². The largest absolute Gasteiger partial charge is 0.448 e. The Morgan fingerprint density at radius 3 is 2.68 bits per heavy atom. The highest BCUT2D eigenvalue weighted by molar-refractivity contribution is 7.89. The first-order valence-electron chi connectivity index (χ1n) is 6.71. The first kappa shape index (κ1) is 16.3. The van der Waals surface area contributed by atoms with Crippen molar-refractivity contribution in [2.24, 2.45) is 0 Å². The lowest BCUT2D eigenvalue weighted by Crippen LogP contribution is -2.52. The fraction of sp³-hybridized carbons (Fsp3) is 0.429. The lowest BCUT2D eigenvalue weighted by Gasteiger charge is -2.33. The normalized spacial score (nSPS) is 15.5. The molecule has 22 heavy (non-hydrogen) atoms. The zero-order valence-corrected chi connectivity index (χ0v) is 13.2. The number of carbonyl (C=O) groups excluding carboxylic acids is 1. The molecule has 118 valence electrons. The second-order valence-electron chi connectivity index (χ2n) is 5.51. The third kappa shape index (κ3) is 3.21. The maximum absolute atomic E-state index is 12.4. The molecule has 0 aliphatic carbocycles. The van der Waals surface area contributed by atoms with Crippen molar-refractivity contribution in [2.45, 2.75) is 24.3 Å².